The molecule has 148 heavy (non-hydrogen) atoms. The standard InChI is InChI=1S/C32H54Si.C31H48.C28H44Si.C28H42.7CH4.8CH3.8ClH.4Zr/c1-17-11-13-25-26-14-12-18(2)16-28(26)32(27(25)15-17)33(9,10)31-24(8)23(7)29-21(5)19(3)20(4)22(6)30(29)31;1-15-14-28-26(19(5)24(10)29(28)21(7)16(15)2)12-13-27-20(6)25(11)30-22(8)17(3)18(4)23(9)31(27)30;1-15-11-12-16(2)26-25(15)21(7)22(8)28(26)29(9,10)24-14-13-23-19(5)17(3)18(4)20(6)27(23)24;1-15-13-24-10-9-23(26(24)14-16(15)2)11-12-25-19(5)22(8)27-20(6)17(3)18(4)21(7)28(25)27;;;;;;;;;;;;;;;;;;;;;;;;;;;/h17-18,23-32H,11-16H2,1-10H3;14,19-20,24-31H,12-13H2,1-11H3;11-12,21-28H,13-14H2,1-10H3;13-14,19,22-28H,9-12H2,1-8H3;7*1H4;8*1H3;8*1H;;;;/q;;;;;;;;;;;8*-1;;;;;;;;;4*+4/p-8. The summed E-state index contributed by atoms with van der Waals surface area (Å²) in [6.07, 6.45) is 33.5. The summed E-state index contributed by atoms with van der Waals surface area (Å²) in [7, 11) is 36.5. The van der Waals surface area contributed by atoms with E-state index < -0.39 is 99.5 Å². The zero-order valence-electron chi connectivity index (χ0n) is 99.2. The maximum absolute atomic E-state index is 4.93. The van der Waals surface area contributed by atoms with Crippen molar-refractivity contribution in [2.75, 3.05) is 0 Å². The number of allylic oxidation sites excluding steroid dienone is 28. The Balaban J connectivity index is -0.000000424. The third-order valence-corrected chi connectivity index (χ3v) is 55.7. The second-order valence-corrected chi connectivity index (χ2v) is 75.0. The van der Waals surface area contributed by atoms with Crippen LogP contribution < -0.4 is 0 Å². The van der Waals surface area contributed by atoms with Gasteiger partial charge in [-0.3, -0.25) is 0 Å². The van der Waals surface area contributed by atoms with E-state index in [-0.39, 0.29) is 111 Å². The van der Waals surface area contributed by atoms with Crippen LogP contribution in [0.4, 0.5) is 0 Å². The van der Waals surface area contributed by atoms with Gasteiger partial charge in [-0.05, 0) is 503 Å². The van der Waals surface area contributed by atoms with Crippen LogP contribution in [0.5, 0.6) is 0 Å². The molecule has 0 radical (unpaired) electrons. The Labute approximate surface area is 1010 Å². The summed E-state index contributed by atoms with van der Waals surface area (Å²) in [6.45, 7) is 97.8. The molecule has 0 saturated heterocycles. The minimum atomic E-state index is -1.51. The molecule has 17 aliphatic carbocycles. The summed E-state index contributed by atoms with van der Waals surface area (Å²) in [5.41, 5.74) is 41.7. The Morgan fingerprint density at radius 1 is 0.250 bits per heavy atom. The van der Waals surface area contributed by atoms with E-state index in [1.807, 2.05) is 0 Å². The molecular weight excluding hydrogens is 2310 g/mol. The zero-order valence-corrected chi connectivity index (χ0v) is 117. The second kappa shape index (κ2) is 67.9. The van der Waals surface area contributed by atoms with Crippen molar-refractivity contribution in [1.82, 2.24) is 0 Å². The first-order valence-corrected chi connectivity index (χ1v) is 85.3. The summed E-state index contributed by atoms with van der Waals surface area (Å²) < 4.78 is 0. The fraction of sp³-hybridized carbons (Fsp3) is 0.731. The van der Waals surface area contributed by atoms with Crippen molar-refractivity contribution >= 4 is 84.3 Å². The summed E-state index contributed by atoms with van der Waals surface area (Å²) in [6, 6.07) is 0. The molecule has 0 amide bonds. The Morgan fingerprint density at radius 3 is 0.953 bits per heavy atom. The number of rotatable bonds is 10. The molecule has 17 rings (SSSR count). The fourth-order valence-corrected chi connectivity index (χ4v) is 48.9. The monoisotopic (exact) mass is 2550 g/mol. The van der Waals surface area contributed by atoms with Crippen LogP contribution in [0.15, 0.2) is 159 Å². The predicted molar refractivity (Wildman–Crippen MR) is 681 cm³/mol. The van der Waals surface area contributed by atoms with Gasteiger partial charge in [0.15, 0.2) is 0 Å². The van der Waals surface area contributed by atoms with Crippen LogP contribution in [-0.4, -0.2) is 16.1 Å². The topological polar surface area (TPSA) is 0 Å². The Morgan fingerprint density at radius 2 is 0.547 bits per heavy atom. The van der Waals surface area contributed by atoms with Crippen LogP contribution in [0.25, 0.3) is 0 Å². The summed E-state index contributed by atoms with van der Waals surface area (Å²) in [4.78, 5) is 0. The molecule has 0 bridgehead atoms. The molecule has 0 heterocycles. The van der Waals surface area contributed by atoms with Gasteiger partial charge < -0.3 is 59.4 Å². The first-order chi connectivity index (χ1) is 62.3. The molecule has 856 valence electrons. The molecule has 10 fully saturated rings. The maximum atomic E-state index is 4.93. The van der Waals surface area contributed by atoms with Gasteiger partial charge in [0.05, 0.1) is 16.1 Å². The van der Waals surface area contributed by atoms with Crippen molar-refractivity contribution in [3.8, 4) is 0 Å². The normalized spacial score (nSPS) is 37.5. The second-order valence-electron chi connectivity index (χ2n) is 50.1. The molecule has 0 N–H and O–H groups in total. The van der Waals surface area contributed by atoms with E-state index in [4.69, 9.17) is 68.1 Å². The van der Waals surface area contributed by atoms with Gasteiger partial charge in [0.1, 0.15) is 0 Å². The van der Waals surface area contributed by atoms with Crippen molar-refractivity contribution in [2.24, 2.45) is 201 Å². The average Bonchev–Trinajstić information content (AvgIpc) is 1.54. The van der Waals surface area contributed by atoms with Gasteiger partial charge in [-0.25, -0.2) is 0 Å². The molecule has 37 unspecified atom stereocenters. The van der Waals surface area contributed by atoms with Crippen LogP contribution in [-0.2, 0) is 83.4 Å². The summed E-state index contributed by atoms with van der Waals surface area (Å²) in [5.74, 6) is 29.3. The molecule has 37 atom stereocenters. The number of hydrogen-bond acceptors (Lipinski definition) is 0. The molecule has 0 aromatic carbocycles. The van der Waals surface area contributed by atoms with Gasteiger partial charge in [-0.1, -0.05) is 289 Å². The van der Waals surface area contributed by atoms with Crippen LogP contribution in [0.1, 0.15) is 384 Å². The number of hydrogen-bond donors (Lipinski definition) is 0. The molecule has 10 saturated carbocycles. The Bertz CT molecular complexity index is 4550. The zero-order chi connectivity index (χ0) is 99.5. The van der Waals surface area contributed by atoms with E-state index in [2.05, 4.69) is 299 Å². The molecule has 0 nitrogen and oxygen atoms in total. The van der Waals surface area contributed by atoms with Crippen molar-refractivity contribution in [3.63, 3.8) is 0 Å². The van der Waals surface area contributed by atoms with Crippen LogP contribution in [0.3, 0.4) is 0 Å². The predicted octanol–water partition coefficient (Wildman–Crippen LogP) is 49.0. The van der Waals surface area contributed by atoms with E-state index in [1.54, 1.807) is 143 Å². The molecule has 14 heteroatoms. The third-order valence-electron chi connectivity index (χ3n) is 45.4. The average molecular weight is 2560 g/mol. The van der Waals surface area contributed by atoms with Crippen molar-refractivity contribution in [2.45, 2.75) is 433 Å². The van der Waals surface area contributed by atoms with Crippen molar-refractivity contribution < 1.29 is 83.4 Å². The Kier molecular flexibility index (Phi) is 74.0. The van der Waals surface area contributed by atoms with Crippen molar-refractivity contribution in [3.05, 3.63) is 218 Å². The molecule has 0 aromatic heterocycles. The van der Waals surface area contributed by atoms with Crippen molar-refractivity contribution in [1.29, 1.82) is 0 Å². The number of halogens is 8. The minimum absolute atomic E-state index is 0. The summed E-state index contributed by atoms with van der Waals surface area (Å²) >= 11 is -3.30. The summed E-state index contributed by atoms with van der Waals surface area (Å²) in [5, 5.41) is 0. The van der Waals surface area contributed by atoms with Gasteiger partial charge in [0.2, 0.25) is 0 Å². The molecule has 0 aliphatic heterocycles. The first kappa shape index (κ1) is 161. The van der Waals surface area contributed by atoms with E-state index >= 15 is 0 Å². The fourth-order valence-electron chi connectivity index (χ4n) is 36.6. The van der Waals surface area contributed by atoms with Gasteiger partial charge >= 0.3 is 151 Å². The molecular formula is C134H240Cl8Si2Zr4. The molecule has 17 aliphatic rings. The number of fused-ring (bicyclic) bond motifs is 10. The van der Waals surface area contributed by atoms with Gasteiger partial charge in [-0.15, -0.1) is 0 Å². The quantitative estimate of drug-likeness (QED) is 0.151. The van der Waals surface area contributed by atoms with E-state index in [0.29, 0.717) is 0 Å². The van der Waals surface area contributed by atoms with Crippen LogP contribution >= 0.6 is 68.1 Å². The van der Waals surface area contributed by atoms with Crippen LogP contribution in [0.2, 0.25) is 48.4 Å². The van der Waals surface area contributed by atoms with Gasteiger partial charge in [0.25, 0.3) is 0 Å². The van der Waals surface area contributed by atoms with E-state index in [9.17, 15) is 0 Å². The van der Waals surface area contributed by atoms with Crippen LogP contribution in [0, 0.1) is 261 Å². The first-order valence-electron chi connectivity index (χ1n) is 53.7. The van der Waals surface area contributed by atoms with E-state index in [1.165, 1.54) is 75.4 Å². The SMILES string of the molecule is C.C.C.C.C.C.C.CC1=C(C)C2C(C)C(C)C([Si](C)(C)C3C4CC(C)CCC4C4CCC(C)CC43)C2C(C)=C1C.CC1=CC2C(CCC3C(C)C(C)C4C(C)=C(C)C(C)=C(C)C34)C(C)C(C)C2C(C)=C1C.CC1=CC2CCC(CCC3C(C)C(C)C4C(C)=C(C)C(C)=C(C)C34)C2C=C1C.CC1=CC=C(C)C2C1C(C)C(C)C2[Si](C)(C)C1CCC2C(C)=C(C)C(C)=C(C)C21.[CH3-].[CH3-].[CH3-].[CH3-].[CH3-].[CH3-].[CH3-].[CH3-].[Cl][Zr+2][Cl].[Cl][Zr+2][Cl].[Cl][Zr+2][Cl].[Cl][Zr+2][Cl]. The Hall–Kier alpha value is 2.65. The van der Waals surface area contributed by atoms with E-state index in [0.717, 1.165) is 223 Å². The molecule has 0 aromatic rings. The van der Waals surface area contributed by atoms with Gasteiger partial charge in [-0.2, -0.15) is 0 Å². The molecule has 0 spiro atoms. The third kappa shape index (κ3) is 31.3. The van der Waals surface area contributed by atoms with Gasteiger partial charge in [0, 0.05) is 0 Å².